The minimum Gasteiger partial charge on any atom is -0.504 e. The number of rotatable bonds is 12. The monoisotopic (exact) mass is 767 g/mol. The van der Waals surface area contributed by atoms with E-state index in [4.69, 9.17) is 22.2 Å². The van der Waals surface area contributed by atoms with Crippen molar-refractivity contribution in [3.8, 4) is 11.5 Å². The molecule has 0 unspecified atom stereocenters. The van der Waals surface area contributed by atoms with Gasteiger partial charge in [-0.1, -0.05) is 28.5 Å². The number of β-lactam (4-membered cyclic amide) rings is 1. The Bertz CT molecular complexity index is 1950. The highest BCUT2D eigenvalue weighted by Crippen LogP contribution is 2.52. The number of thiazole rings is 1. The Balaban J connectivity index is 1.30. The van der Waals surface area contributed by atoms with E-state index in [1.165, 1.54) is 19.2 Å². The Morgan fingerprint density at radius 2 is 1.82 bits per heavy atom. The van der Waals surface area contributed by atoms with Crippen molar-refractivity contribution in [3.63, 3.8) is 0 Å². The number of piperazine rings is 1. The summed E-state index contributed by atoms with van der Waals surface area (Å²) in [5.74, 6) is -12.7. The molecule has 3 aliphatic rings. The normalized spacial score (nSPS) is 22.0. The van der Waals surface area contributed by atoms with Gasteiger partial charge in [0, 0.05) is 18.3 Å². The number of phenols is 2. The average molecular weight is 768 g/mol. The molecular weight excluding hydrogens is 742 g/mol. The maximum Gasteiger partial charge on any atom is 0.350 e. The number of amides is 4. The molecule has 51 heavy (non-hydrogen) atoms. The Labute approximate surface area is 298 Å². The summed E-state index contributed by atoms with van der Waals surface area (Å²) < 4.78 is 0. The number of halogens is 1. The van der Waals surface area contributed by atoms with Crippen LogP contribution in [0.3, 0.4) is 0 Å². The molecule has 3 aliphatic heterocycles. The topological polar surface area (TPSA) is 300 Å². The molecule has 3 atom stereocenters. The average Bonchev–Trinajstić information content (AvgIpc) is 3.67. The second-order valence-corrected chi connectivity index (χ2v) is 14.4. The van der Waals surface area contributed by atoms with E-state index < -0.39 is 123 Å². The summed E-state index contributed by atoms with van der Waals surface area (Å²) in [7, 11) is 0. The van der Waals surface area contributed by atoms with Crippen molar-refractivity contribution in [1.82, 2.24) is 25.2 Å². The number of carboxylic acids is 2. The molecular formula is C28H26ClN7O13S2. The number of aromatic hydroxyl groups is 2. The predicted molar refractivity (Wildman–Crippen MR) is 173 cm³/mol. The van der Waals surface area contributed by atoms with Gasteiger partial charge < -0.3 is 40.8 Å². The molecule has 0 radical (unpaired) electrons. The zero-order chi connectivity index (χ0) is 37.7. The van der Waals surface area contributed by atoms with Gasteiger partial charge in [-0.15, -0.1) is 11.3 Å². The van der Waals surface area contributed by atoms with Crippen molar-refractivity contribution >= 4 is 92.7 Å². The number of hydrogen-bond acceptors (Lipinski definition) is 16. The quantitative estimate of drug-likeness (QED) is 0.0386. The van der Waals surface area contributed by atoms with Crippen LogP contribution in [0.25, 0.3) is 0 Å². The van der Waals surface area contributed by atoms with Crippen LogP contribution in [0.1, 0.15) is 36.3 Å². The number of ketones is 2. The molecule has 0 aliphatic carbocycles. The van der Waals surface area contributed by atoms with Crippen molar-refractivity contribution in [2.24, 2.45) is 11.1 Å². The number of Topliss-reactive ketones (excluding diaryl/α,β-unsaturated/α-hetero) is 2. The van der Waals surface area contributed by atoms with Crippen LogP contribution in [0.4, 0.5) is 5.13 Å². The second kappa shape index (κ2) is 13.3. The van der Waals surface area contributed by atoms with E-state index in [2.05, 4.69) is 10.1 Å². The van der Waals surface area contributed by atoms with Gasteiger partial charge in [0.15, 0.2) is 28.1 Å². The molecule has 1 aromatic carbocycles. The lowest BCUT2D eigenvalue weighted by atomic mass is 9.90. The molecule has 5 rings (SSSR count). The maximum atomic E-state index is 13.4. The number of nitrogens with one attached hydrogen (secondary N) is 1. The lowest BCUT2D eigenvalue weighted by Crippen LogP contribution is -2.67. The molecule has 20 nitrogen and oxygen atoms in total. The third kappa shape index (κ3) is 6.47. The van der Waals surface area contributed by atoms with Gasteiger partial charge in [-0.05, 0) is 26.0 Å². The molecule has 0 saturated carbocycles. The lowest BCUT2D eigenvalue weighted by Gasteiger charge is -2.41. The summed E-state index contributed by atoms with van der Waals surface area (Å²) in [5, 5.41) is 43.0. The molecule has 4 heterocycles. The SMILES string of the molecule is CC(C)(O/N=C(\C(=O)C[C@@H]1C(=O)N2C[C@@](C(=O)O)(N3CCN(NC(=O)C(=O)c4ccc(O)c(O)c4Cl)C(=O)C3=O)S[C@H]12)c1csc(N)n1)C(=O)O. The summed E-state index contributed by atoms with van der Waals surface area (Å²) in [4.78, 5) is 111. The predicted octanol–water partition coefficient (Wildman–Crippen LogP) is -0.770. The molecule has 0 spiro atoms. The van der Waals surface area contributed by atoms with E-state index in [1.807, 2.05) is 5.43 Å². The van der Waals surface area contributed by atoms with Gasteiger partial charge in [0.1, 0.15) is 5.69 Å². The van der Waals surface area contributed by atoms with Crippen molar-refractivity contribution in [3.05, 3.63) is 33.8 Å². The number of carbonyl (C=O) groups is 8. The number of carbonyl (C=O) groups excluding carboxylic acids is 6. The van der Waals surface area contributed by atoms with E-state index in [0.717, 1.165) is 33.3 Å². The number of hydrazine groups is 1. The van der Waals surface area contributed by atoms with Crippen molar-refractivity contribution in [2.75, 3.05) is 25.4 Å². The van der Waals surface area contributed by atoms with E-state index in [-0.39, 0.29) is 10.8 Å². The molecule has 3 fully saturated rings. The zero-order valence-corrected chi connectivity index (χ0v) is 28.6. The molecule has 1 aromatic heterocycles. The third-order valence-electron chi connectivity index (χ3n) is 8.04. The van der Waals surface area contributed by atoms with Gasteiger partial charge >= 0.3 is 29.7 Å². The Hall–Kier alpha value is -5.48. The maximum absolute atomic E-state index is 13.4. The Morgan fingerprint density at radius 3 is 2.43 bits per heavy atom. The fraction of sp³-hybridized carbons (Fsp3) is 0.357. The zero-order valence-electron chi connectivity index (χ0n) is 26.2. The minimum absolute atomic E-state index is 0.0497. The number of nitrogen functional groups attached to an aromatic ring is 1. The van der Waals surface area contributed by atoms with Gasteiger partial charge in [-0.3, -0.25) is 34.2 Å². The van der Waals surface area contributed by atoms with Crippen molar-refractivity contribution in [2.45, 2.75) is 36.1 Å². The van der Waals surface area contributed by atoms with Crippen molar-refractivity contribution < 1.29 is 63.6 Å². The Morgan fingerprint density at radius 1 is 1.14 bits per heavy atom. The summed E-state index contributed by atoms with van der Waals surface area (Å²) in [5.41, 5.74) is 4.77. The summed E-state index contributed by atoms with van der Waals surface area (Å²) in [6, 6.07) is 1.84. The van der Waals surface area contributed by atoms with Crippen LogP contribution >= 0.6 is 34.7 Å². The summed E-state index contributed by atoms with van der Waals surface area (Å²) >= 11 is 7.43. The molecule has 270 valence electrons. The van der Waals surface area contributed by atoms with Gasteiger partial charge in [0.2, 0.25) is 16.4 Å². The van der Waals surface area contributed by atoms with Gasteiger partial charge in [0.05, 0.1) is 35.0 Å². The first-order valence-corrected chi connectivity index (χ1v) is 16.6. The number of carboxylic acid groups (broad SMARTS) is 2. The molecule has 4 amide bonds. The molecule has 23 heteroatoms. The lowest BCUT2D eigenvalue weighted by molar-refractivity contribution is -0.168. The van der Waals surface area contributed by atoms with Crippen LogP contribution < -0.4 is 11.2 Å². The summed E-state index contributed by atoms with van der Waals surface area (Å²) in [6.07, 6.45) is -0.542. The first kappa shape index (κ1) is 36.8. The highest BCUT2D eigenvalue weighted by atomic mass is 35.5. The first-order chi connectivity index (χ1) is 23.8. The minimum atomic E-state index is -2.19. The van der Waals surface area contributed by atoms with Crippen LogP contribution in [0, 0.1) is 5.92 Å². The highest BCUT2D eigenvalue weighted by molar-refractivity contribution is 8.02. The highest BCUT2D eigenvalue weighted by Gasteiger charge is 2.66. The molecule has 2 aromatic rings. The van der Waals surface area contributed by atoms with Crippen LogP contribution in [-0.2, 0) is 38.4 Å². The number of nitrogens with two attached hydrogens (primary N) is 1. The van der Waals surface area contributed by atoms with Crippen LogP contribution in [-0.4, -0.2) is 129 Å². The van der Waals surface area contributed by atoms with E-state index >= 15 is 0 Å². The summed E-state index contributed by atoms with van der Waals surface area (Å²) in [6.45, 7) is 0.842. The largest absolute Gasteiger partial charge is 0.504 e. The standard InChI is InChI=1S/C28H26ClN7O13S2/c1-27(2,24(45)46)49-33-16(12-8-50-26(30)31-12)14(38)7-11-20(42)34-9-28(25(47)48,51-23(11)34)35-5-6-36(22(44)21(35)43)32-19(41)17(39)10-3-4-13(37)18(40)15(10)29/h3-4,8,11,23,37,40H,5-7,9H2,1-2H3,(H2,30,31)(H,32,41)(H,45,46)(H,47,48)/b33-16-/t11-,23-,28-/m1/s1. The number of anilines is 1. The number of aliphatic carboxylic acids is 2. The smallest absolute Gasteiger partial charge is 0.350 e. The number of thioether (sulfide) groups is 1. The van der Waals surface area contributed by atoms with E-state index in [9.17, 15) is 58.8 Å². The van der Waals surface area contributed by atoms with Crippen LogP contribution in [0.5, 0.6) is 11.5 Å². The molecule has 0 bridgehead atoms. The number of aromatic nitrogens is 1. The van der Waals surface area contributed by atoms with E-state index in [0.29, 0.717) is 16.8 Å². The third-order valence-corrected chi connectivity index (χ3v) is 10.8. The molecule has 7 N–H and O–H groups in total. The molecule has 3 saturated heterocycles. The van der Waals surface area contributed by atoms with Crippen LogP contribution in [0.15, 0.2) is 22.7 Å². The van der Waals surface area contributed by atoms with Gasteiger partial charge in [0.25, 0.3) is 5.78 Å². The number of hydrogen-bond donors (Lipinski definition) is 6. The Kier molecular flexibility index (Phi) is 9.62. The first-order valence-electron chi connectivity index (χ1n) is 14.5. The fourth-order valence-electron chi connectivity index (χ4n) is 5.19. The number of benzene rings is 1. The number of nitrogens with zero attached hydrogens (tertiary/aromatic N) is 5. The van der Waals surface area contributed by atoms with Crippen molar-refractivity contribution in [1.29, 1.82) is 0 Å². The van der Waals surface area contributed by atoms with Gasteiger partial charge in [-0.2, -0.15) is 0 Å². The van der Waals surface area contributed by atoms with Gasteiger partial charge in [-0.25, -0.2) is 19.6 Å². The number of fused-ring (bicyclic) bond motifs is 1. The number of phenolic OH excluding ortho intramolecular Hbond substituents is 2. The second-order valence-electron chi connectivity index (χ2n) is 11.7. The number of oxime groups is 1. The van der Waals surface area contributed by atoms with Crippen LogP contribution in [0.2, 0.25) is 5.02 Å². The van der Waals surface area contributed by atoms with E-state index in [1.54, 1.807) is 0 Å². The fourth-order valence-corrected chi connectivity index (χ4v) is 7.68.